The largest absolute Gasteiger partial charge is 0.497 e. The smallest absolute Gasteiger partial charge is 0.417 e. The van der Waals surface area contributed by atoms with Crippen molar-refractivity contribution >= 4 is 34.5 Å². The van der Waals surface area contributed by atoms with Gasteiger partial charge in [-0.25, -0.2) is 14.5 Å². The molecule has 0 fully saturated rings. The Bertz CT molecular complexity index is 1640. The molecule has 2 heterocycles. The van der Waals surface area contributed by atoms with Crippen LogP contribution in [0.1, 0.15) is 30.3 Å². The lowest BCUT2D eigenvalue weighted by Gasteiger charge is -2.27. The summed E-state index contributed by atoms with van der Waals surface area (Å²) < 4.78 is 48.5. The quantitative estimate of drug-likeness (QED) is 0.280. The summed E-state index contributed by atoms with van der Waals surface area (Å²) >= 11 is 5.65. The van der Waals surface area contributed by atoms with Crippen LogP contribution in [0.5, 0.6) is 5.75 Å². The molecule has 1 aliphatic rings. The molecule has 0 aliphatic heterocycles. The summed E-state index contributed by atoms with van der Waals surface area (Å²) in [6.45, 7) is 2.60. The number of amides is 2. The number of aryl methyl sites for hydroxylation is 1. The van der Waals surface area contributed by atoms with Crippen LogP contribution in [-0.4, -0.2) is 32.5 Å². The number of nitrogens with zero attached hydrogens (tertiary/aromatic N) is 4. The van der Waals surface area contributed by atoms with Crippen LogP contribution in [0, 0.1) is 0 Å². The van der Waals surface area contributed by atoms with Crippen LogP contribution in [0.4, 0.5) is 23.7 Å². The average molecular weight is 571 g/mol. The first-order chi connectivity index (χ1) is 19.0. The molecule has 0 saturated heterocycles. The molecule has 208 valence electrons. The van der Waals surface area contributed by atoms with Crippen LogP contribution in [0.15, 0.2) is 72.6 Å². The molecular formula is C28H26ClF3N6O2. The van der Waals surface area contributed by atoms with Gasteiger partial charge in [0.2, 0.25) is 0 Å². The maximum absolute atomic E-state index is 13.1. The SMILES string of the molecule is COc1ccc(Cn2ncc3c2nc(C2(C)C=CC(NC(=O)Nc4ccc(Cl)c(C(F)(F)F)c4)=CC2)n3C)cc1. The Morgan fingerprint density at radius 2 is 1.93 bits per heavy atom. The molecule has 2 N–H and O–H groups in total. The fourth-order valence-electron chi connectivity index (χ4n) is 4.64. The van der Waals surface area contributed by atoms with Crippen LogP contribution in [0.25, 0.3) is 11.2 Å². The lowest BCUT2D eigenvalue weighted by atomic mass is 9.82. The number of benzene rings is 2. The highest BCUT2D eigenvalue weighted by molar-refractivity contribution is 6.31. The van der Waals surface area contributed by atoms with Crippen LogP contribution in [-0.2, 0) is 25.2 Å². The average Bonchev–Trinajstić information content (AvgIpc) is 3.47. The van der Waals surface area contributed by atoms with E-state index < -0.39 is 28.2 Å². The zero-order valence-corrected chi connectivity index (χ0v) is 22.6. The standard InChI is InChI=1S/C28H26ClF3N6O2/c1-27(25-36-24-23(37(25)2)15-33-38(24)16-17-4-7-20(40-3)8-5-17)12-10-18(11-13-27)34-26(39)35-19-6-9-22(29)21(14-19)28(30,31)32/h4-12,14-15H,13,16H2,1-3H3,(H2,34,35,39). The molecule has 1 unspecified atom stereocenters. The van der Waals surface area contributed by atoms with E-state index in [1.54, 1.807) is 19.4 Å². The predicted octanol–water partition coefficient (Wildman–Crippen LogP) is 6.42. The first-order valence-corrected chi connectivity index (χ1v) is 12.7. The van der Waals surface area contributed by atoms with Gasteiger partial charge in [-0.05, 0) is 55.3 Å². The second kappa shape index (κ2) is 10.4. The zero-order valence-electron chi connectivity index (χ0n) is 21.9. The lowest BCUT2D eigenvalue weighted by Crippen LogP contribution is -2.31. The third kappa shape index (κ3) is 5.42. The Labute approximate surface area is 233 Å². The second-order valence-corrected chi connectivity index (χ2v) is 10.1. The molecule has 8 nitrogen and oxygen atoms in total. The van der Waals surface area contributed by atoms with E-state index >= 15 is 0 Å². The van der Waals surface area contributed by atoms with E-state index in [0.717, 1.165) is 40.4 Å². The number of carbonyl (C=O) groups is 1. The summed E-state index contributed by atoms with van der Waals surface area (Å²) in [6.07, 6.45) is 3.26. The van der Waals surface area contributed by atoms with E-state index in [9.17, 15) is 18.0 Å². The van der Waals surface area contributed by atoms with Gasteiger partial charge in [-0.15, -0.1) is 0 Å². The highest BCUT2D eigenvalue weighted by Gasteiger charge is 2.34. The molecule has 2 aromatic heterocycles. The maximum atomic E-state index is 13.1. The van der Waals surface area contributed by atoms with E-state index in [1.165, 1.54) is 6.07 Å². The van der Waals surface area contributed by atoms with Crippen LogP contribution < -0.4 is 15.4 Å². The number of carbonyl (C=O) groups excluding carboxylic acids is 1. The lowest BCUT2D eigenvalue weighted by molar-refractivity contribution is -0.137. The number of aromatic nitrogens is 4. The number of fused-ring (bicyclic) bond motifs is 1. The minimum absolute atomic E-state index is 0.0252. The number of hydrogen-bond donors (Lipinski definition) is 2. The molecule has 5 rings (SSSR count). The number of methoxy groups -OCH3 is 1. The van der Waals surface area contributed by atoms with Crippen molar-refractivity contribution in [1.82, 2.24) is 24.6 Å². The van der Waals surface area contributed by atoms with Crippen molar-refractivity contribution in [3.8, 4) is 5.75 Å². The number of anilines is 1. The number of rotatable bonds is 6. The maximum Gasteiger partial charge on any atom is 0.417 e. The van der Waals surface area contributed by atoms with Crippen molar-refractivity contribution < 1.29 is 22.7 Å². The van der Waals surface area contributed by atoms with Gasteiger partial charge < -0.3 is 19.9 Å². The number of urea groups is 1. The summed E-state index contributed by atoms with van der Waals surface area (Å²) in [5.74, 6) is 1.62. The normalized spacial score (nSPS) is 17.1. The molecule has 1 aliphatic carbocycles. The first kappa shape index (κ1) is 27.3. The van der Waals surface area contributed by atoms with Crippen molar-refractivity contribution in [2.45, 2.75) is 31.5 Å². The van der Waals surface area contributed by atoms with E-state index in [0.29, 0.717) is 18.7 Å². The van der Waals surface area contributed by atoms with Crippen LogP contribution in [0.2, 0.25) is 5.02 Å². The van der Waals surface area contributed by atoms with E-state index in [1.807, 2.05) is 59.6 Å². The van der Waals surface area contributed by atoms with Crippen LogP contribution in [0.3, 0.4) is 0 Å². The van der Waals surface area contributed by atoms with Crippen molar-refractivity contribution in [2.75, 3.05) is 12.4 Å². The molecule has 0 radical (unpaired) electrons. The van der Waals surface area contributed by atoms with Gasteiger partial charge in [0.25, 0.3) is 0 Å². The van der Waals surface area contributed by atoms with E-state index in [2.05, 4.69) is 15.7 Å². The third-order valence-corrected chi connectivity index (χ3v) is 7.18. The summed E-state index contributed by atoms with van der Waals surface area (Å²) in [4.78, 5) is 17.4. The summed E-state index contributed by atoms with van der Waals surface area (Å²) in [5.41, 5.74) is 1.73. The van der Waals surface area contributed by atoms with Gasteiger partial charge in [0.05, 0.1) is 30.4 Å². The van der Waals surface area contributed by atoms with Gasteiger partial charge in [-0.2, -0.15) is 18.3 Å². The number of allylic oxidation sites excluding steroid dienone is 3. The number of imidazole rings is 1. The minimum atomic E-state index is -4.63. The molecule has 2 amide bonds. The monoisotopic (exact) mass is 570 g/mol. The van der Waals surface area contributed by atoms with Gasteiger partial charge >= 0.3 is 12.2 Å². The number of hydrogen-bond acceptors (Lipinski definition) is 4. The molecule has 2 aromatic carbocycles. The summed E-state index contributed by atoms with van der Waals surface area (Å²) in [6, 6.07) is 10.3. The Morgan fingerprint density at radius 1 is 1.18 bits per heavy atom. The molecule has 4 aromatic rings. The van der Waals surface area contributed by atoms with E-state index in [-0.39, 0.29) is 5.69 Å². The van der Waals surface area contributed by atoms with Crippen molar-refractivity contribution in [3.05, 3.63) is 94.6 Å². The van der Waals surface area contributed by atoms with Crippen molar-refractivity contribution in [1.29, 1.82) is 0 Å². The van der Waals surface area contributed by atoms with Gasteiger partial charge in [-0.1, -0.05) is 35.9 Å². The van der Waals surface area contributed by atoms with Gasteiger partial charge in [0, 0.05) is 23.8 Å². The Kier molecular flexibility index (Phi) is 7.09. The number of nitrogens with one attached hydrogen (secondary N) is 2. The summed E-state index contributed by atoms with van der Waals surface area (Å²) in [7, 11) is 3.57. The first-order valence-electron chi connectivity index (χ1n) is 12.3. The summed E-state index contributed by atoms with van der Waals surface area (Å²) in [5, 5.41) is 9.17. The van der Waals surface area contributed by atoms with Gasteiger partial charge in [0.1, 0.15) is 17.1 Å². The van der Waals surface area contributed by atoms with Crippen molar-refractivity contribution in [3.63, 3.8) is 0 Å². The highest BCUT2D eigenvalue weighted by Crippen LogP contribution is 2.37. The zero-order chi connectivity index (χ0) is 28.7. The topological polar surface area (TPSA) is 86.0 Å². The minimum Gasteiger partial charge on any atom is -0.497 e. The van der Waals surface area contributed by atoms with Gasteiger partial charge in [-0.3, -0.25) is 0 Å². The molecule has 12 heteroatoms. The van der Waals surface area contributed by atoms with Gasteiger partial charge in [0.15, 0.2) is 5.65 Å². The number of ether oxygens (including phenoxy) is 1. The van der Waals surface area contributed by atoms with Crippen LogP contribution >= 0.6 is 11.6 Å². The Balaban J connectivity index is 1.28. The Hall–Kier alpha value is -4.25. The molecule has 40 heavy (non-hydrogen) atoms. The molecule has 0 spiro atoms. The number of halogens is 4. The molecule has 0 saturated carbocycles. The number of alkyl halides is 3. The molecule has 0 bridgehead atoms. The predicted molar refractivity (Wildman–Crippen MR) is 146 cm³/mol. The molecule has 1 atom stereocenters. The third-order valence-electron chi connectivity index (χ3n) is 6.85. The fraction of sp³-hybridized carbons (Fsp3) is 0.250. The van der Waals surface area contributed by atoms with Crippen molar-refractivity contribution in [2.24, 2.45) is 7.05 Å². The highest BCUT2D eigenvalue weighted by atomic mass is 35.5. The van der Waals surface area contributed by atoms with E-state index in [4.69, 9.17) is 21.3 Å². The second-order valence-electron chi connectivity index (χ2n) is 9.74. The fourth-order valence-corrected chi connectivity index (χ4v) is 4.87. The Morgan fingerprint density at radius 3 is 2.58 bits per heavy atom. The molecular weight excluding hydrogens is 545 g/mol.